The summed E-state index contributed by atoms with van der Waals surface area (Å²) in [4.78, 5) is 36.6. The van der Waals surface area contributed by atoms with E-state index in [4.69, 9.17) is 4.84 Å². The highest BCUT2D eigenvalue weighted by Gasteiger charge is 2.45. The average molecular weight is 407 g/mol. The molecule has 2 N–H and O–H groups in total. The van der Waals surface area contributed by atoms with Crippen molar-refractivity contribution in [2.24, 2.45) is 5.16 Å². The molecular weight excluding hydrogens is 382 g/mol. The van der Waals surface area contributed by atoms with Crippen molar-refractivity contribution in [3.05, 3.63) is 66.0 Å². The van der Waals surface area contributed by atoms with Gasteiger partial charge in [0.25, 0.3) is 5.91 Å². The summed E-state index contributed by atoms with van der Waals surface area (Å²) >= 11 is 0. The van der Waals surface area contributed by atoms with Gasteiger partial charge in [-0.05, 0) is 30.0 Å². The quantitative estimate of drug-likeness (QED) is 0.794. The summed E-state index contributed by atoms with van der Waals surface area (Å²) in [6.45, 7) is 1.93. The van der Waals surface area contributed by atoms with Gasteiger partial charge in [-0.2, -0.15) is 0 Å². The van der Waals surface area contributed by atoms with Crippen molar-refractivity contribution in [3.8, 4) is 0 Å². The molecule has 1 aromatic carbocycles. The predicted octanol–water partition coefficient (Wildman–Crippen LogP) is 2.22. The largest absolute Gasteiger partial charge is 0.386 e. The maximum atomic E-state index is 12.6. The van der Waals surface area contributed by atoms with E-state index in [0.717, 1.165) is 24.0 Å². The van der Waals surface area contributed by atoms with E-state index in [-0.39, 0.29) is 11.9 Å². The number of nitrogens with zero attached hydrogens (tertiary/aromatic N) is 3. The summed E-state index contributed by atoms with van der Waals surface area (Å²) in [5, 5.41) is 9.85. The summed E-state index contributed by atoms with van der Waals surface area (Å²) in [6, 6.07) is 13.4. The van der Waals surface area contributed by atoms with Crippen molar-refractivity contribution in [1.29, 1.82) is 0 Å². The average Bonchev–Trinajstić information content (AvgIpc) is 3.20. The van der Waals surface area contributed by atoms with E-state index in [0.29, 0.717) is 38.3 Å². The molecule has 2 aliphatic rings. The Bertz CT molecular complexity index is 919. The topological polar surface area (TPSA) is 95.9 Å². The van der Waals surface area contributed by atoms with Crippen molar-refractivity contribution in [2.75, 3.05) is 13.1 Å². The first-order valence-corrected chi connectivity index (χ1v) is 10.1. The Balaban J connectivity index is 1.28. The minimum atomic E-state index is -0.622. The number of piperidine rings is 1. The number of benzene rings is 1. The van der Waals surface area contributed by atoms with E-state index < -0.39 is 5.60 Å². The molecule has 3 amide bonds. The van der Waals surface area contributed by atoms with Crippen LogP contribution < -0.4 is 10.6 Å². The lowest BCUT2D eigenvalue weighted by molar-refractivity contribution is -0.115. The van der Waals surface area contributed by atoms with Crippen LogP contribution in [0.1, 0.15) is 30.4 Å². The summed E-state index contributed by atoms with van der Waals surface area (Å²) in [6.07, 6.45) is 5.36. The maximum Gasteiger partial charge on any atom is 0.317 e. The molecule has 4 rings (SSSR count). The molecule has 1 atom stereocenters. The van der Waals surface area contributed by atoms with Gasteiger partial charge in [-0.15, -0.1) is 0 Å². The first kappa shape index (κ1) is 19.9. The highest BCUT2D eigenvalue weighted by molar-refractivity contribution is 6.39. The van der Waals surface area contributed by atoms with Crippen molar-refractivity contribution in [2.45, 2.75) is 38.0 Å². The van der Waals surface area contributed by atoms with Crippen molar-refractivity contribution < 1.29 is 14.4 Å². The molecule has 0 aliphatic carbocycles. The first-order valence-electron chi connectivity index (χ1n) is 10.1. The zero-order chi connectivity index (χ0) is 20.8. The highest BCUT2D eigenvalue weighted by Crippen LogP contribution is 2.33. The molecule has 30 heavy (non-hydrogen) atoms. The fourth-order valence-electron chi connectivity index (χ4n) is 3.81. The predicted molar refractivity (Wildman–Crippen MR) is 111 cm³/mol. The number of hydrogen-bond acceptors (Lipinski definition) is 5. The zero-order valence-corrected chi connectivity index (χ0v) is 16.7. The lowest BCUT2D eigenvalue weighted by Gasteiger charge is -2.38. The second kappa shape index (κ2) is 8.94. The number of hydrogen-bond donors (Lipinski definition) is 2. The van der Waals surface area contributed by atoms with Crippen LogP contribution in [-0.4, -0.2) is 46.2 Å². The van der Waals surface area contributed by atoms with Gasteiger partial charge in [-0.3, -0.25) is 9.78 Å². The van der Waals surface area contributed by atoms with Crippen LogP contribution >= 0.6 is 0 Å². The molecule has 1 fully saturated rings. The fraction of sp³-hybridized carbons (Fsp3) is 0.364. The fourth-order valence-corrected chi connectivity index (χ4v) is 3.81. The van der Waals surface area contributed by atoms with Gasteiger partial charge in [0.05, 0.1) is 6.54 Å². The van der Waals surface area contributed by atoms with Gasteiger partial charge in [0.2, 0.25) is 0 Å². The minimum absolute atomic E-state index is 0.129. The van der Waals surface area contributed by atoms with Gasteiger partial charge in [-0.1, -0.05) is 41.6 Å². The molecule has 8 heteroatoms. The molecule has 2 aromatic rings. The van der Waals surface area contributed by atoms with Gasteiger partial charge < -0.3 is 20.4 Å². The van der Waals surface area contributed by atoms with Gasteiger partial charge in [0, 0.05) is 38.4 Å². The third-order valence-electron chi connectivity index (χ3n) is 5.39. The lowest BCUT2D eigenvalue weighted by atomic mass is 9.88. The third-order valence-corrected chi connectivity index (χ3v) is 5.39. The molecule has 1 spiro atoms. The summed E-state index contributed by atoms with van der Waals surface area (Å²) < 4.78 is 0. The number of nitrogens with one attached hydrogen (secondary N) is 2. The van der Waals surface area contributed by atoms with E-state index in [2.05, 4.69) is 20.8 Å². The van der Waals surface area contributed by atoms with Crippen LogP contribution in [0.4, 0.5) is 4.79 Å². The van der Waals surface area contributed by atoms with E-state index in [1.807, 2.05) is 42.5 Å². The SMILES string of the molecule is O=C(NCc1cccnc1)C1=NOC2(CCCN(C(=O)NCc3ccccc3)C2)C1. The maximum absolute atomic E-state index is 12.6. The number of oxime groups is 1. The van der Waals surface area contributed by atoms with Crippen molar-refractivity contribution >= 4 is 17.6 Å². The number of pyridine rings is 1. The van der Waals surface area contributed by atoms with Crippen molar-refractivity contribution in [1.82, 2.24) is 20.5 Å². The van der Waals surface area contributed by atoms with E-state index in [1.165, 1.54) is 0 Å². The summed E-state index contributed by atoms with van der Waals surface area (Å²) in [7, 11) is 0. The molecule has 2 aliphatic heterocycles. The smallest absolute Gasteiger partial charge is 0.317 e. The number of carbonyl (C=O) groups excluding carboxylic acids is 2. The molecule has 1 saturated heterocycles. The molecular formula is C22H25N5O3. The molecule has 0 radical (unpaired) electrons. The zero-order valence-electron chi connectivity index (χ0n) is 16.7. The summed E-state index contributed by atoms with van der Waals surface area (Å²) in [5.41, 5.74) is 1.71. The normalized spacial score (nSPS) is 20.4. The molecule has 1 aromatic heterocycles. The number of rotatable bonds is 5. The van der Waals surface area contributed by atoms with Crippen LogP contribution in [0.3, 0.4) is 0 Å². The number of aromatic nitrogens is 1. The van der Waals surface area contributed by atoms with Crippen LogP contribution in [0.25, 0.3) is 0 Å². The Hall–Kier alpha value is -3.42. The molecule has 3 heterocycles. The van der Waals surface area contributed by atoms with Crippen LogP contribution in [0.2, 0.25) is 0 Å². The Kier molecular flexibility index (Phi) is 5.92. The lowest BCUT2D eigenvalue weighted by Crippen LogP contribution is -2.53. The highest BCUT2D eigenvalue weighted by atomic mass is 16.7. The van der Waals surface area contributed by atoms with E-state index in [9.17, 15) is 9.59 Å². The summed E-state index contributed by atoms with van der Waals surface area (Å²) in [5.74, 6) is -0.249. The Morgan fingerprint density at radius 3 is 2.67 bits per heavy atom. The van der Waals surface area contributed by atoms with Crippen molar-refractivity contribution in [3.63, 3.8) is 0 Å². The third kappa shape index (κ3) is 4.76. The van der Waals surface area contributed by atoms with Crippen LogP contribution in [0.15, 0.2) is 60.0 Å². The Labute approximate surface area is 175 Å². The number of urea groups is 1. The van der Waals surface area contributed by atoms with E-state index in [1.54, 1.807) is 17.3 Å². The van der Waals surface area contributed by atoms with Gasteiger partial charge in [0.15, 0.2) is 5.60 Å². The van der Waals surface area contributed by atoms with Gasteiger partial charge in [-0.25, -0.2) is 4.79 Å². The van der Waals surface area contributed by atoms with Gasteiger partial charge >= 0.3 is 6.03 Å². The van der Waals surface area contributed by atoms with Crippen LogP contribution in [0, 0.1) is 0 Å². The Morgan fingerprint density at radius 2 is 1.87 bits per heavy atom. The molecule has 0 bridgehead atoms. The first-order chi connectivity index (χ1) is 14.6. The monoisotopic (exact) mass is 407 g/mol. The second-order valence-electron chi connectivity index (χ2n) is 7.70. The van der Waals surface area contributed by atoms with Crippen LogP contribution in [0.5, 0.6) is 0 Å². The second-order valence-corrected chi connectivity index (χ2v) is 7.70. The molecule has 0 saturated carbocycles. The Morgan fingerprint density at radius 1 is 1.07 bits per heavy atom. The number of carbonyl (C=O) groups is 2. The molecule has 1 unspecified atom stereocenters. The van der Waals surface area contributed by atoms with E-state index >= 15 is 0 Å². The number of likely N-dealkylation sites (tertiary alicyclic amines) is 1. The minimum Gasteiger partial charge on any atom is -0.386 e. The standard InChI is InChI=1S/C22H25N5O3/c28-20(24-15-18-8-4-10-23-13-18)19-12-22(30-26-19)9-5-11-27(16-22)21(29)25-14-17-6-2-1-3-7-17/h1-4,6-8,10,13H,5,9,11-12,14-16H2,(H,24,28)(H,25,29). The van der Waals surface area contributed by atoms with Crippen LogP contribution in [-0.2, 0) is 22.7 Å². The molecule has 8 nitrogen and oxygen atoms in total. The number of amides is 3. The van der Waals surface area contributed by atoms with Gasteiger partial charge in [0.1, 0.15) is 5.71 Å². The molecule has 156 valence electrons.